The van der Waals surface area contributed by atoms with Crippen LogP contribution < -0.4 is 21.9 Å². The van der Waals surface area contributed by atoms with Crippen LogP contribution in [-0.4, -0.2) is 34.4 Å². The van der Waals surface area contributed by atoms with Crippen molar-refractivity contribution in [3.05, 3.63) is 20.8 Å². The quantitative estimate of drug-likeness (QED) is 0.716. The summed E-state index contributed by atoms with van der Waals surface area (Å²) in [6.07, 6.45) is 3.43. The van der Waals surface area contributed by atoms with Crippen molar-refractivity contribution in [2.75, 3.05) is 30.3 Å². The van der Waals surface area contributed by atoms with E-state index in [2.05, 4.69) is 4.98 Å². The van der Waals surface area contributed by atoms with Crippen molar-refractivity contribution in [3.8, 4) is 0 Å². The summed E-state index contributed by atoms with van der Waals surface area (Å²) in [6, 6.07) is 0. The van der Waals surface area contributed by atoms with E-state index < -0.39 is 11.2 Å². The smallest absolute Gasteiger partial charge is 0.330 e. The molecule has 0 atom stereocenters. The predicted octanol–water partition coefficient (Wildman–Crippen LogP) is 0.128. The van der Waals surface area contributed by atoms with Crippen molar-refractivity contribution in [1.82, 2.24) is 9.55 Å². The number of piperidine rings is 1. The largest absolute Gasteiger partial charge is 0.396 e. The number of aromatic nitrogens is 2. The van der Waals surface area contributed by atoms with Crippen molar-refractivity contribution in [2.24, 2.45) is 5.92 Å². The second kappa shape index (κ2) is 6.80. The van der Waals surface area contributed by atoms with E-state index >= 15 is 0 Å². The molecule has 0 amide bonds. The molecule has 0 aromatic carbocycles. The molecule has 1 aromatic heterocycles. The van der Waals surface area contributed by atoms with Crippen LogP contribution in [0, 0.1) is 5.92 Å². The minimum atomic E-state index is -0.444. The molecule has 7 nitrogen and oxygen atoms in total. The fourth-order valence-electron chi connectivity index (χ4n) is 2.76. The van der Waals surface area contributed by atoms with Crippen LogP contribution in [0.2, 0.25) is 0 Å². The van der Waals surface area contributed by atoms with Gasteiger partial charge < -0.3 is 15.7 Å². The van der Waals surface area contributed by atoms with E-state index in [9.17, 15) is 14.7 Å². The van der Waals surface area contributed by atoms with E-state index in [1.54, 1.807) is 0 Å². The predicted molar refractivity (Wildman–Crippen MR) is 82.7 cm³/mol. The molecule has 0 bridgehead atoms. The Morgan fingerprint density at radius 3 is 2.57 bits per heavy atom. The van der Waals surface area contributed by atoms with Crippen LogP contribution in [0.4, 0.5) is 11.5 Å². The van der Waals surface area contributed by atoms with Crippen LogP contribution >= 0.6 is 0 Å². The monoisotopic (exact) mass is 296 g/mol. The van der Waals surface area contributed by atoms with Gasteiger partial charge in [-0.25, -0.2) is 4.79 Å². The summed E-state index contributed by atoms with van der Waals surface area (Å²) in [5.41, 5.74) is 5.60. The zero-order valence-electron chi connectivity index (χ0n) is 12.5. The first-order valence-electron chi connectivity index (χ1n) is 7.56. The molecule has 0 radical (unpaired) electrons. The summed E-state index contributed by atoms with van der Waals surface area (Å²) in [5.74, 6) is 0.534. The molecule has 0 aliphatic carbocycles. The molecule has 1 fully saturated rings. The summed E-state index contributed by atoms with van der Waals surface area (Å²) in [4.78, 5) is 28.3. The number of anilines is 2. The molecule has 0 unspecified atom stereocenters. The third-order valence-electron chi connectivity index (χ3n) is 4.14. The summed E-state index contributed by atoms with van der Waals surface area (Å²) in [5, 5.41) is 9.18. The second-order valence-corrected chi connectivity index (χ2v) is 5.61. The van der Waals surface area contributed by atoms with Gasteiger partial charge in [-0.3, -0.25) is 14.3 Å². The lowest BCUT2D eigenvalue weighted by atomic mass is 9.97. The van der Waals surface area contributed by atoms with Gasteiger partial charge in [0.05, 0.1) is 0 Å². The molecule has 1 aliphatic heterocycles. The molecule has 2 rings (SSSR count). The molecule has 0 saturated carbocycles. The van der Waals surface area contributed by atoms with Gasteiger partial charge in [-0.05, 0) is 25.2 Å². The van der Waals surface area contributed by atoms with Gasteiger partial charge in [-0.15, -0.1) is 0 Å². The molecule has 21 heavy (non-hydrogen) atoms. The van der Waals surface area contributed by atoms with Crippen LogP contribution in [0.25, 0.3) is 0 Å². The van der Waals surface area contributed by atoms with Crippen molar-refractivity contribution in [3.63, 3.8) is 0 Å². The highest BCUT2D eigenvalue weighted by Crippen LogP contribution is 2.24. The molecular formula is C14H24N4O3. The Balaban J connectivity index is 2.31. The number of hydrogen-bond donors (Lipinski definition) is 3. The maximum Gasteiger partial charge on any atom is 0.330 e. The van der Waals surface area contributed by atoms with Crippen LogP contribution in [0.3, 0.4) is 0 Å². The lowest BCUT2D eigenvalue weighted by molar-refractivity contribution is 0.203. The van der Waals surface area contributed by atoms with E-state index in [1.807, 2.05) is 11.8 Å². The molecule has 1 saturated heterocycles. The van der Waals surface area contributed by atoms with Gasteiger partial charge in [0, 0.05) is 26.2 Å². The van der Waals surface area contributed by atoms with Gasteiger partial charge in [0.2, 0.25) is 0 Å². The standard InChI is InChI=1S/C14H24N4O3/c1-2-3-6-18-12(15)11(13(20)16-14(18)21)17-7-4-10(9-19)5-8-17/h10,19H,2-9,15H2,1H3,(H,16,20,21). The minimum Gasteiger partial charge on any atom is -0.396 e. The van der Waals surface area contributed by atoms with Crippen molar-refractivity contribution in [1.29, 1.82) is 0 Å². The second-order valence-electron chi connectivity index (χ2n) is 5.61. The number of nitrogen functional groups attached to an aromatic ring is 1. The number of H-pyrrole nitrogens is 1. The van der Waals surface area contributed by atoms with Crippen molar-refractivity contribution in [2.45, 2.75) is 39.2 Å². The Morgan fingerprint density at radius 2 is 2.00 bits per heavy atom. The summed E-state index contributed by atoms with van der Waals surface area (Å²) >= 11 is 0. The van der Waals surface area contributed by atoms with E-state index in [0.29, 0.717) is 25.3 Å². The van der Waals surface area contributed by atoms with E-state index in [1.165, 1.54) is 4.57 Å². The Hall–Kier alpha value is -1.76. The zero-order valence-corrected chi connectivity index (χ0v) is 12.5. The first-order valence-corrected chi connectivity index (χ1v) is 7.56. The zero-order chi connectivity index (χ0) is 15.4. The molecular weight excluding hydrogens is 272 g/mol. The first-order chi connectivity index (χ1) is 10.1. The van der Waals surface area contributed by atoms with Crippen molar-refractivity contribution < 1.29 is 5.11 Å². The third kappa shape index (κ3) is 3.29. The highest BCUT2D eigenvalue weighted by molar-refractivity contribution is 5.62. The molecule has 118 valence electrons. The average Bonchev–Trinajstić information content (AvgIpc) is 2.47. The Kier molecular flexibility index (Phi) is 5.06. The number of aromatic amines is 1. The molecule has 7 heteroatoms. The van der Waals surface area contributed by atoms with E-state index in [0.717, 1.165) is 25.7 Å². The van der Waals surface area contributed by atoms with Gasteiger partial charge in [0.1, 0.15) is 11.5 Å². The summed E-state index contributed by atoms with van der Waals surface area (Å²) in [6.45, 7) is 4.07. The molecule has 1 aromatic rings. The lowest BCUT2D eigenvalue weighted by Crippen LogP contribution is -2.42. The number of nitrogens with two attached hydrogens (primary N) is 1. The fraction of sp³-hybridized carbons (Fsp3) is 0.714. The van der Waals surface area contributed by atoms with Gasteiger partial charge in [0.15, 0.2) is 0 Å². The van der Waals surface area contributed by atoms with Gasteiger partial charge in [0.25, 0.3) is 5.56 Å². The SMILES string of the molecule is CCCCn1c(N)c(N2CCC(CO)CC2)c(=O)[nH]c1=O. The van der Waals surface area contributed by atoms with E-state index in [4.69, 9.17) is 5.73 Å². The number of nitrogens with one attached hydrogen (secondary N) is 1. The van der Waals surface area contributed by atoms with Gasteiger partial charge in [-0.1, -0.05) is 13.3 Å². The Morgan fingerprint density at radius 1 is 1.33 bits per heavy atom. The topological polar surface area (TPSA) is 104 Å². The van der Waals surface area contributed by atoms with Crippen molar-refractivity contribution >= 4 is 11.5 Å². The Labute approximate surface area is 123 Å². The number of nitrogens with zero attached hydrogens (tertiary/aromatic N) is 2. The highest BCUT2D eigenvalue weighted by Gasteiger charge is 2.24. The van der Waals surface area contributed by atoms with Crippen LogP contribution in [0.1, 0.15) is 32.6 Å². The fourth-order valence-corrected chi connectivity index (χ4v) is 2.76. The molecule has 1 aliphatic rings. The average molecular weight is 296 g/mol. The number of unbranched alkanes of at least 4 members (excludes halogenated alkanes) is 1. The molecule has 0 spiro atoms. The third-order valence-corrected chi connectivity index (χ3v) is 4.14. The highest BCUT2D eigenvalue weighted by atomic mass is 16.3. The first kappa shape index (κ1) is 15.6. The number of rotatable bonds is 5. The van der Waals surface area contributed by atoms with Crippen LogP contribution in [-0.2, 0) is 6.54 Å². The molecule has 4 N–H and O–H groups in total. The van der Waals surface area contributed by atoms with Crippen LogP contribution in [0.5, 0.6) is 0 Å². The summed E-state index contributed by atoms with van der Waals surface area (Å²) < 4.78 is 1.44. The lowest BCUT2D eigenvalue weighted by Gasteiger charge is -2.33. The summed E-state index contributed by atoms with van der Waals surface area (Å²) in [7, 11) is 0. The number of aliphatic hydroxyl groups is 1. The van der Waals surface area contributed by atoms with Gasteiger partial charge in [-0.2, -0.15) is 0 Å². The Bertz CT molecular complexity index is 585. The molecule has 2 heterocycles. The number of hydrogen-bond acceptors (Lipinski definition) is 5. The maximum absolute atomic E-state index is 12.1. The van der Waals surface area contributed by atoms with E-state index in [-0.39, 0.29) is 18.3 Å². The maximum atomic E-state index is 12.1. The normalized spacial score (nSPS) is 16.4. The van der Waals surface area contributed by atoms with Gasteiger partial charge >= 0.3 is 5.69 Å². The minimum absolute atomic E-state index is 0.176. The number of aliphatic hydroxyl groups excluding tert-OH is 1. The van der Waals surface area contributed by atoms with Crippen LogP contribution in [0.15, 0.2) is 9.59 Å².